The second-order valence-corrected chi connectivity index (χ2v) is 10.7. The fourth-order valence-corrected chi connectivity index (χ4v) is 6.32. The Balaban J connectivity index is 1.56. The Morgan fingerprint density at radius 2 is 1.83 bits per heavy atom. The first-order chi connectivity index (χ1) is 16.9. The van der Waals surface area contributed by atoms with Crippen LogP contribution < -0.4 is 0 Å². The van der Waals surface area contributed by atoms with Gasteiger partial charge in [0, 0.05) is 43.0 Å². The minimum atomic E-state index is -3.62. The van der Waals surface area contributed by atoms with Crippen LogP contribution in [0.25, 0.3) is 28.1 Å². The van der Waals surface area contributed by atoms with E-state index in [-0.39, 0.29) is 22.2 Å². The minimum absolute atomic E-state index is 0.173. The molecular formula is C25H23N5O4S. The molecule has 2 aromatic heterocycles. The number of hydrogen-bond acceptors (Lipinski definition) is 6. The summed E-state index contributed by atoms with van der Waals surface area (Å²) < 4.78 is 35.2. The lowest BCUT2D eigenvalue weighted by atomic mass is 10.0. The Morgan fingerprint density at radius 3 is 2.60 bits per heavy atom. The van der Waals surface area contributed by atoms with Crippen molar-refractivity contribution in [3.8, 4) is 28.1 Å². The molecule has 2 aromatic carbocycles. The van der Waals surface area contributed by atoms with Crippen molar-refractivity contribution >= 4 is 15.7 Å². The van der Waals surface area contributed by atoms with Gasteiger partial charge in [0.1, 0.15) is 0 Å². The van der Waals surface area contributed by atoms with Gasteiger partial charge < -0.3 is 9.64 Å². The highest BCUT2D eigenvalue weighted by atomic mass is 32.2. The third-order valence-corrected chi connectivity index (χ3v) is 8.12. The number of carbonyl (C=O) groups is 1. The van der Waals surface area contributed by atoms with Crippen LogP contribution in [0.1, 0.15) is 16.1 Å². The minimum Gasteiger partial charge on any atom is -0.378 e. The molecule has 1 amide bonds. The first-order valence-corrected chi connectivity index (χ1v) is 13.0. The second kappa shape index (κ2) is 8.17. The van der Waals surface area contributed by atoms with Gasteiger partial charge in [-0.1, -0.05) is 30.3 Å². The van der Waals surface area contributed by atoms with E-state index in [9.17, 15) is 13.2 Å². The quantitative estimate of drug-likeness (QED) is 0.439. The SMILES string of the molecule is Cn1cc(-c2cccc(-n3nc(C(=O)N4CCOCC4)c4c3-c3ccccc3S(=O)(=O)C4)c2)cn1. The summed E-state index contributed by atoms with van der Waals surface area (Å²) in [6.07, 6.45) is 3.71. The number of morpholine rings is 1. The number of nitrogens with zero attached hydrogens (tertiary/aromatic N) is 5. The Morgan fingerprint density at radius 1 is 1.03 bits per heavy atom. The van der Waals surface area contributed by atoms with Crippen LogP contribution in [0, 0.1) is 0 Å². The first-order valence-electron chi connectivity index (χ1n) is 11.3. The van der Waals surface area contributed by atoms with Gasteiger partial charge in [-0.15, -0.1) is 0 Å². The molecule has 10 heteroatoms. The van der Waals surface area contributed by atoms with E-state index in [0.717, 1.165) is 16.8 Å². The fourth-order valence-electron chi connectivity index (χ4n) is 4.73. The highest BCUT2D eigenvalue weighted by Gasteiger charge is 2.37. The number of aryl methyl sites for hydroxylation is 1. The molecule has 0 N–H and O–H groups in total. The van der Waals surface area contributed by atoms with Crippen molar-refractivity contribution < 1.29 is 17.9 Å². The zero-order valence-corrected chi connectivity index (χ0v) is 19.9. The van der Waals surface area contributed by atoms with E-state index in [1.807, 2.05) is 37.5 Å². The van der Waals surface area contributed by atoms with Crippen molar-refractivity contribution in [3.05, 3.63) is 72.2 Å². The summed E-state index contributed by atoms with van der Waals surface area (Å²) in [5.74, 6) is -0.547. The van der Waals surface area contributed by atoms with Gasteiger partial charge in [0.2, 0.25) is 0 Å². The second-order valence-electron chi connectivity index (χ2n) is 8.70. The zero-order valence-electron chi connectivity index (χ0n) is 19.1. The zero-order chi connectivity index (χ0) is 24.2. The lowest BCUT2D eigenvalue weighted by molar-refractivity contribution is 0.0298. The predicted molar refractivity (Wildman–Crippen MR) is 129 cm³/mol. The summed E-state index contributed by atoms with van der Waals surface area (Å²) in [5.41, 5.74) is 4.42. The molecule has 0 spiro atoms. The van der Waals surface area contributed by atoms with Crippen molar-refractivity contribution in [2.45, 2.75) is 10.6 Å². The Hall–Kier alpha value is -3.76. The molecule has 0 aliphatic carbocycles. The van der Waals surface area contributed by atoms with Crippen LogP contribution >= 0.6 is 0 Å². The number of ether oxygens (including phenoxy) is 1. The van der Waals surface area contributed by atoms with Crippen LogP contribution in [0.3, 0.4) is 0 Å². The average Bonchev–Trinajstić information content (AvgIpc) is 3.48. The van der Waals surface area contributed by atoms with Gasteiger partial charge >= 0.3 is 0 Å². The Kier molecular flexibility index (Phi) is 5.08. The molecule has 0 radical (unpaired) electrons. The van der Waals surface area contributed by atoms with Crippen molar-refractivity contribution in [2.75, 3.05) is 26.3 Å². The van der Waals surface area contributed by atoms with Gasteiger partial charge in [0.05, 0.1) is 41.4 Å². The maximum Gasteiger partial charge on any atom is 0.274 e. The van der Waals surface area contributed by atoms with Crippen molar-refractivity contribution in [2.24, 2.45) is 7.05 Å². The molecule has 2 aliphatic rings. The van der Waals surface area contributed by atoms with Gasteiger partial charge in [-0.25, -0.2) is 13.1 Å². The van der Waals surface area contributed by atoms with E-state index in [4.69, 9.17) is 9.84 Å². The van der Waals surface area contributed by atoms with E-state index in [1.54, 1.807) is 44.7 Å². The smallest absolute Gasteiger partial charge is 0.274 e. The summed E-state index contributed by atoms with van der Waals surface area (Å²) in [7, 11) is -1.76. The van der Waals surface area contributed by atoms with Crippen molar-refractivity contribution in [1.82, 2.24) is 24.5 Å². The summed E-state index contributed by atoms with van der Waals surface area (Å²) in [6, 6.07) is 14.7. The molecule has 0 atom stereocenters. The van der Waals surface area contributed by atoms with Crippen molar-refractivity contribution in [1.29, 1.82) is 0 Å². The summed E-state index contributed by atoms with van der Waals surface area (Å²) >= 11 is 0. The molecule has 4 aromatic rings. The number of hydrogen-bond donors (Lipinski definition) is 0. The molecule has 0 bridgehead atoms. The van der Waals surface area contributed by atoms with E-state index in [2.05, 4.69) is 5.10 Å². The number of aromatic nitrogens is 4. The fraction of sp³-hybridized carbons (Fsp3) is 0.240. The van der Waals surface area contributed by atoms with E-state index in [1.165, 1.54) is 0 Å². The van der Waals surface area contributed by atoms with Gasteiger partial charge in [0.15, 0.2) is 15.5 Å². The van der Waals surface area contributed by atoms with Gasteiger partial charge in [-0.05, 0) is 23.8 Å². The topological polar surface area (TPSA) is 99.3 Å². The van der Waals surface area contributed by atoms with Gasteiger partial charge in [0.25, 0.3) is 5.91 Å². The van der Waals surface area contributed by atoms with Crippen LogP contribution in [0.2, 0.25) is 0 Å². The normalized spacial score (nSPS) is 16.5. The maximum absolute atomic E-state index is 13.5. The number of amides is 1. The number of rotatable bonds is 3. The molecule has 9 nitrogen and oxygen atoms in total. The van der Waals surface area contributed by atoms with Crippen LogP contribution in [-0.4, -0.2) is 65.1 Å². The van der Waals surface area contributed by atoms with E-state index in [0.29, 0.717) is 43.1 Å². The lowest BCUT2D eigenvalue weighted by Crippen LogP contribution is -2.41. The number of benzene rings is 2. The third kappa shape index (κ3) is 3.65. The summed E-state index contributed by atoms with van der Waals surface area (Å²) in [6.45, 7) is 1.78. The molecule has 0 unspecified atom stereocenters. The third-order valence-electron chi connectivity index (χ3n) is 6.42. The molecule has 2 aliphatic heterocycles. The molecule has 0 saturated carbocycles. The van der Waals surface area contributed by atoms with Crippen LogP contribution in [-0.2, 0) is 27.4 Å². The number of fused-ring (bicyclic) bond motifs is 3. The lowest BCUT2D eigenvalue weighted by Gasteiger charge is -2.26. The molecular weight excluding hydrogens is 466 g/mol. The Labute approximate surface area is 202 Å². The standard InChI is InChI=1S/C25H23N5O4S/c1-28-15-18(14-26-28)17-5-4-6-19(13-17)30-24-20-7-2-3-8-22(20)35(32,33)16-21(24)23(27-30)25(31)29-9-11-34-12-10-29/h2-8,13-15H,9-12,16H2,1H3. The molecule has 178 valence electrons. The molecule has 4 heterocycles. The van der Waals surface area contributed by atoms with Gasteiger partial charge in [-0.3, -0.25) is 9.48 Å². The molecule has 35 heavy (non-hydrogen) atoms. The first kappa shape index (κ1) is 21.8. The summed E-state index contributed by atoms with van der Waals surface area (Å²) in [5, 5.41) is 9.00. The number of sulfone groups is 1. The predicted octanol–water partition coefficient (Wildman–Crippen LogP) is 2.70. The van der Waals surface area contributed by atoms with Crippen LogP contribution in [0.5, 0.6) is 0 Å². The molecule has 1 saturated heterocycles. The number of carbonyl (C=O) groups excluding carboxylic acids is 1. The highest BCUT2D eigenvalue weighted by molar-refractivity contribution is 7.90. The van der Waals surface area contributed by atoms with E-state index < -0.39 is 9.84 Å². The van der Waals surface area contributed by atoms with Gasteiger partial charge in [-0.2, -0.15) is 10.2 Å². The van der Waals surface area contributed by atoms with E-state index >= 15 is 0 Å². The highest BCUT2D eigenvalue weighted by Crippen LogP contribution is 2.41. The summed E-state index contributed by atoms with van der Waals surface area (Å²) in [4.78, 5) is 15.4. The molecule has 1 fully saturated rings. The Bertz CT molecular complexity index is 1560. The monoisotopic (exact) mass is 489 g/mol. The van der Waals surface area contributed by atoms with Crippen LogP contribution in [0.15, 0.2) is 65.8 Å². The average molecular weight is 490 g/mol. The maximum atomic E-state index is 13.5. The molecule has 6 rings (SSSR count). The van der Waals surface area contributed by atoms with Crippen LogP contribution in [0.4, 0.5) is 0 Å². The largest absolute Gasteiger partial charge is 0.378 e. The van der Waals surface area contributed by atoms with Crippen molar-refractivity contribution in [3.63, 3.8) is 0 Å².